The van der Waals surface area contributed by atoms with Gasteiger partial charge in [0.2, 0.25) is 0 Å². The number of ether oxygens (including phenoxy) is 2. The van der Waals surface area contributed by atoms with Crippen molar-refractivity contribution in [1.29, 1.82) is 0 Å². The van der Waals surface area contributed by atoms with Gasteiger partial charge in [0.1, 0.15) is 6.61 Å². The lowest BCUT2D eigenvalue weighted by Crippen LogP contribution is -2.46. The van der Waals surface area contributed by atoms with Crippen LogP contribution in [0.15, 0.2) is 60.7 Å². The van der Waals surface area contributed by atoms with Gasteiger partial charge in [0.25, 0.3) is 0 Å². The third-order valence-corrected chi connectivity index (χ3v) is 3.88. The molecule has 6 nitrogen and oxygen atoms in total. The summed E-state index contributed by atoms with van der Waals surface area (Å²) in [6.07, 6.45) is -1.60. The first-order chi connectivity index (χ1) is 12.6. The number of amides is 1. The predicted molar refractivity (Wildman–Crippen MR) is 96.3 cm³/mol. The van der Waals surface area contributed by atoms with E-state index in [0.29, 0.717) is 6.42 Å². The van der Waals surface area contributed by atoms with Crippen LogP contribution in [0.25, 0.3) is 0 Å². The van der Waals surface area contributed by atoms with E-state index >= 15 is 0 Å². The molecule has 6 heteroatoms. The highest BCUT2D eigenvalue weighted by Crippen LogP contribution is 2.10. The molecule has 2 atom stereocenters. The summed E-state index contributed by atoms with van der Waals surface area (Å²) in [6.45, 7) is 0.123. The minimum absolute atomic E-state index is 0.123. The third kappa shape index (κ3) is 6.57. The molecule has 2 rings (SSSR count). The number of hydrogen-bond donors (Lipinski definition) is 2. The lowest BCUT2D eigenvalue weighted by molar-refractivity contribution is -0.143. The number of alkyl carbamates (subject to hydrolysis) is 1. The van der Waals surface area contributed by atoms with Crippen molar-refractivity contribution in [2.75, 3.05) is 7.11 Å². The van der Waals surface area contributed by atoms with Gasteiger partial charge in [-0.1, -0.05) is 60.7 Å². The number of aliphatic hydroxyl groups is 1. The largest absolute Gasteiger partial charge is 0.469 e. The standard InChI is InChI=1S/C20H23NO5/c1-25-19(23)13-18(22)17(12-15-8-4-2-5-9-15)21-20(24)26-14-16-10-6-3-7-11-16/h2-11,17-18,22H,12-14H2,1H3,(H,21,24)/t17-,18-/m0/s1. The number of rotatable bonds is 8. The zero-order chi connectivity index (χ0) is 18.8. The zero-order valence-electron chi connectivity index (χ0n) is 14.6. The van der Waals surface area contributed by atoms with Crippen molar-refractivity contribution >= 4 is 12.1 Å². The van der Waals surface area contributed by atoms with Gasteiger partial charge in [-0.05, 0) is 17.5 Å². The van der Waals surface area contributed by atoms with Crippen molar-refractivity contribution in [2.24, 2.45) is 0 Å². The molecular formula is C20H23NO5. The first-order valence-corrected chi connectivity index (χ1v) is 8.34. The van der Waals surface area contributed by atoms with Gasteiger partial charge >= 0.3 is 12.1 Å². The summed E-state index contributed by atoms with van der Waals surface area (Å²) in [7, 11) is 1.25. The monoisotopic (exact) mass is 357 g/mol. The normalized spacial score (nSPS) is 12.7. The Labute approximate surface area is 152 Å². The number of nitrogens with one attached hydrogen (secondary N) is 1. The van der Waals surface area contributed by atoms with E-state index in [9.17, 15) is 14.7 Å². The molecule has 0 heterocycles. The molecule has 0 aliphatic heterocycles. The zero-order valence-corrected chi connectivity index (χ0v) is 14.6. The van der Waals surface area contributed by atoms with Crippen LogP contribution in [0.4, 0.5) is 4.79 Å². The Bertz CT molecular complexity index is 690. The van der Waals surface area contributed by atoms with E-state index in [2.05, 4.69) is 10.1 Å². The van der Waals surface area contributed by atoms with Gasteiger partial charge in [0, 0.05) is 0 Å². The number of esters is 1. The molecule has 2 aromatic carbocycles. The molecule has 1 amide bonds. The number of methoxy groups -OCH3 is 1. The second-order valence-corrected chi connectivity index (χ2v) is 5.85. The van der Waals surface area contributed by atoms with Crippen LogP contribution in [0, 0.1) is 0 Å². The van der Waals surface area contributed by atoms with E-state index in [-0.39, 0.29) is 13.0 Å². The average molecular weight is 357 g/mol. The van der Waals surface area contributed by atoms with Crippen LogP contribution in [-0.2, 0) is 27.3 Å². The highest BCUT2D eigenvalue weighted by atomic mass is 16.5. The SMILES string of the molecule is COC(=O)C[C@H](O)[C@H](Cc1ccccc1)NC(=O)OCc1ccccc1. The molecule has 2 N–H and O–H groups in total. The molecule has 0 unspecified atom stereocenters. The summed E-state index contributed by atoms with van der Waals surface area (Å²) < 4.78 is 9.79. The highest BCUT2D eigenvalue weighted by Gasteiger charge is 2.25. The van der Waals surface area contributed by atoms with E-state index in [4.69, 9.17) is 4.74 Å². The molecule has 26 heavy (non-hydrogen) atoms. The van der Waals surface area contributed by atoms with Crippen LogP contribution in [0.2, 0.25) is 0 Å². The Hall–Kier alpha value is -2.86. The van der Waals surface area contributed by atoms with Crippen LogP contribution in [-0.4, -0.2) is 36.4 Å². The maximum absolute atomic E-state index is 12.1. The number of aliphatic hydroxyl groups excluding tert-OH is 1. The molecule has 0 fully saturated rings. The fraction of sp³-hybridized carbons (Fsp3) is 0.300. The first-order valence-electron chi connectivity index (χ1n) is 8.34. The highest BCUT2D eigenvalue weighted by molar-refractivity contribution is 5.71. The number of carbonyl (C=O) groups excluding carboxylic acids is 2. The molecule has 0 saturated heterocycles. The van der Waals surface area contributed by atoms with Crippen molar-refractivity contribution in [3.8, 4) is 0 Å². The first kappa shape index (κ1) is 19.5. The average Bonchev–Trinajstić information content (AvgIpc) is 2.67. The fourth-order valence-electron chi connectivity index (χ4n) is 2.46. The summed E-state index contributed by atoms with van der Waals surface area (Å²) in [5.74, 6) is -0.546. The number of carbonyl (C=O) groups is 2. The molecule has 0 aliphatic rings. The lowest BCUT2D eigenvalue weighted by atomic mass is 9.99. The van der Waals surface area contributed by atoms with Gasteiger partial charge in [0.05, 0.1) is 25.7 Å². The Morgan fingerprint density at radius 3 is 2.15 bits per heavy atom. The van der Waals surface area contributed by atoms with Crippen LogP contribution >= 0.6 is 0 Å². The van der Waals surface area contributed by atoms with Crippen LogP contribution in [0.1, 0.15) is 17.5 Å². The second kappa shape index (κ2) is 10.2. The molecule has 0 aromatic heterocycles. The number of benzene rings is 2. The summed E-state index contributed by atoms with van der Waals surface area (Å²) in [4.78, 5) is 23.6. The summed E-state index contributed by atoms with van der Waals surface area (Å²) in [6, 6.07) is 18.0. The van der Waals surface area contributed by atoms with Crippen LogP contribution in [0.3, 0.4) is 0 Å². The fourth-order valence-corrected chi connectivity index (χ4v) is 2.46. The molecule has 0 saturated carbocycles. The quantitative estimate of drug-likeness (QED) is 0.709. The van der Waals surface area contributed by atoms with Gasteiger partial charge in [-0.25, -0.2) is 4.79 Å². The van der Waals surface area contributed by atoms with Gasteiger partial charge in [-0.3, -0.25) is 4.79 Å². The van der Waals surface area contributed by atoms with Gasteiger partial charge < -0.3 is 19.9 Å². The summed E-state index contributed by atoms with van der Waals surface area (Å²) in [5, 5.41) is 13.0. The molecule has 0 bridgehead atoms. The Kier molecular flexibility index (Phi) is 7.64. The van der Waals surface area contributed by atoms with Crippen molar-refractivity contribution < 1.29 is 24.2 Å². The second-order valence-electron chi connectivity index (χ2n) is 5.85. The molecule has 0 radical (unpaired) electrons. The topological polar surface area (TPSA) is 84.9 Å². The van der Waals surface area contributed by atoms with E-state index in [1.807, 2.05) is 60.7 Å². The molecule has 0 spiro atoms. The van der Waals surface area contributed by atoms with Crippen LogP contribution < -0.4 is 5.32 Å². The summed E-state index contributed by atoms with van der Waals surface area (Å²) >= 11 is 0. The maximum atomic E-state index is 12.1. The maximum Gasteiger partial charge on any atom is 0.407 e. The van der Waals surface area contributed by atoms with E-state index in [0.717, 1.165) is 11.1 Å². The smallest absolute Gasteiger partial charge is 0.407 e. The van der Waals surface area contributed by atoms with E-state index < -0.39 is 24.2 Å². The predicted octanol–water partition coefficient (Wildman–Crippen LogP) is 2.45. The molecule has 2 aromatic rings. The van der Waals surface area contributed by atoms with Crippen molar-refractivity contribution in [3.63, 3.8) is 0 Å². The third-order valence-electron chi connectivity index (χ3n) is 3.88. The minimum atomic E-state index is -1.09. The Morgan fingerprint density at radius 2 is 1.58 bits per heavy atom. The van der Waals surface area contributed by atoms with E-state index in [1.165, 1.54) is 7.11 Å². The minimum Gasteiger partial charge on any atom is -0.469 e. The Morgan fingerprint density at radius 1 is 1.00 bits per heavy atom. The van der Waals surface area contributed by atoms with Crippen molar-refractivity contribution in [3.05, 3.63) is 71.8 Å². The van der Waals surface area contributed by atoms with Crippen molar-refractivity contribution in [2.45, 2.75) is 31.6 Å². The molecule has 0 aliphatic carbocycles. The van der Waals surface area contributed by atoms with Gasteiger partial charge in [-0.15, -0.1) is 0 Å². The number of hydrogen-bond acceptors (Lipinski definition) is 5. The Balaban J connectivity index is 1.97. The van der Waals surface area contributed by atoms with Gasteiger partial charge in [-0.2, -0.15) is 0 Å². The molecule has 138 valence electrons. The van der Waals surface area contributed by atoms with Crippen LogP contribution in [0.5, 0.6) is 0 Å². The van der Waals surface area contributed by atoms with Gasteiger partial charge in [0.15, 0.2) is 0 Å². The summed E-state index contributed by atoms with van der Waals surface area (Å²) in [5.41, 5.74) is 1.78. The van der Waals surface area contributed by atoms with E-state index in [1.54, 1.807) is 0 Å². The van der Waals surface area contributed by atoms with Crippen molar-refractivity contribution in [1.82, 2.24) is 5.32 Å². The molecular weight excluding hydrogens is 334 g/mol. The lowest BCUT2D eigenvalue weighted by Gasteiger charge is -2.23.